The zero-order valence-corrected chi connectivity index (χ0v) is 16.9. The van der Waals surface area contributed by atoms with E-state index in [0.29, 0.717) is 17.2 Å². The molecule has 3 aromatic carbocycles. The number of methoxy groups -OCH3 is 2. The molecule has 0 aliphatic heterocycles. The molecule has 0 fully saturated rings. The highest BCUT2D eigenvalue weighted by Crippen LogP contribution is 2.28. The van der Waals surface area contributed by atoms with Crippen molar-refractivity contribution in [3.63, 3.8) is 0 Å². The van der Waals surface area contributed by atoms with Gasteiger partial charge in [-0.15, -0.1) is 0 Å². The van der Waals surface area contributed by atoms with Crippen LogP contribution >= 0.6 is 0 Å². The zero-order valence-electron chi connectivity index (χ0n) is 16.9. The molecule has 0 saturated carbocycles. The van der Waals surface area contributed by atoms with Gasteiger partial charge in [0.1, 0.15) is 11.5 Å². The molecule has 1 atom stereocenters. The molecule has 0 saturated heterocycles. The number of hydrogen-bond donors (Lipinski definition) is 1. The van der Waals surface area contributed by atoms with Crippen molar-refractivity contribution in [2.24, 2.45) is 5.92 Å². The summed E-state index contributed by atoms with van der Waals surface area (Å²) in [4.78, 5) is 13.1. The first-order valence-electron chi connectivity index (χ1n) is 9.53. The van der Waals surface area contributed by atoms with E-state index in [1.807, 2.05) is 60.7 Å². The molecule has 0 spiro atoms. The monoisotopic (exact) mass is 377 g/mol. The van der Waals surface area contributed by atoms with Gasteiger partial charge in [0.05, 0.1) is 25.8 Å². The molecule has 146 valence electrons. The second kappa shape index (κ2) is 8.79. The lowest BCUT2D eigenvalue weighted by molar-refractivity contribution is 0.0929. The Morgan fingerprint density at radius 1 is 0.929 bits per heavy atom. The number of fused-ring (bicyclic) bond motifs is 1. The number of hydrogen-bond acceptors (Lipinski definition) is 3. The van der Waals surface area contributed by atoms with E-state index in [9.17, 15) is 4.79 Å². The van der Waals surface area contributed by atoms with Gasteiger partial charge < -0.3 is 14.8 Å². The normalized spacial score (nSPS) is 12.0. The average Bonchev–Trinajstić information content (AvgIpc) is 2.72. The summed E-state index contributed by atoms with van der Waals surface area (Å²) in [6, 6.07) is 19.5. The number of rotatable bonds is 7. The third-order valence-corrected chi connectivity index (χ3v) is 4.84. The van der Waals surface area contributed by atoms with Crippen LogP contribution in [-0.4, -0.2) is 20.1 Å². The fraction of sp³-hybridized carbons (Fsp3) is 0.292. The van der Waals surface area contributed by atoms with Crippen LogP contribution in [0.3, 0.4) is 0 Å². The largest absolute Gasteiger partial charge is 0.497 e. The summed E-state index contributed by atoms with van der Waals surface area (Å²) in [5, 5.41) is 5.26. The standard InChI is InChI=1S/C24H27NO3/c1-16(2)13-22(17-9-11-20(27-3)12-10-17)25-24(26)21-14-18-7-5-6-8-19(18)15-23(21)28-4/h5-12,14-16,22H,13H2,1-4H3,(H,25,26)/t22-/m1/s1. The van der Waals surface area contributed by atoms with Crippen LogP contribution in [0.4, 0.5) is 0 Å². The fourth-order valence-electron chi connectivity index (χ4n) is 3.39. The first-order valence-corrected chi connectivity index (χ1v) is 9.53. The minimum Gasteiger partial charge on any atom is -0.497 e. The van der Waals surface area contributed by atoms with Gasteiger partial charge in [-0.25, -0.2) is 0 Å². The second-order valence-electron chi connectivity index (χ2n) is 7.33. The van der Waals surface area contributed by atoms with Crippen LogP contribution in [0, 0.1) is 5.92 Å². The van der Waals surface area contributed by atoms with Crippen LogP contribution in [-0.2, 0) is 0 Å². The van der Waals surface area contributed by atoms with Crippen molar-refractivity contribution in [1.82, 2.24) is 5.32 Å². The summed E-state index contributed by atoms with van der Waals surface area (Å²) in [5.74, 6) is 1.68. The van der Waals surface area contributed by atoms with Gasteiger partial charge in [-0.2, -0.15) is 0 Å². The van der Waals surface area contributed by atoms with E-state index < -0.39 is 0 Å². The molecule has 0 aromatic heterocycles. The van der Waals surface area contributed by atoms with Crippen molar-refractivity contribution >= 4 is 16.7 Å². The van der Waals surface area contributed by atoms with E-state index in [1.54, 1.807) is 14.2 Å². The van der Waals surface area contributed by atoms with Gasteiger partial charge >= 0.3 is 0 Å². The summed E-state index contributed by atoms with van der Waals surface area (Å²) < 4.78 is 10.7. The van der Waals surface area contributed by atoms with Gasteiger partial charge in [0.15, 0.2) is 0 Å². The van der Waals surface area contributed by atoms with Crippen LogP contribution < -0.4 is 14.8 Å². The Labute approximate surface area is 166 Å². The molecule has 28 heavy (non-hydrogen) atoms. The summed E-state index contributed by atoms with van der Waals surface area (Å²) in [7, 11) is 3.24. The molecule has 0 heterocycles. The molecule has 0 aliphatic carbocycles. The molecule has 0 aliphatic rings. The Hall–Kier alpha value is -3.01. The molecule has 1 N–H and O–H groups in total. The number of ether oxygens (including phenoxy) is 2. The number of benzene rings is 3. The molecule has 4 heteroatoms. The van der Waals surface area contributed by atoms with Gasteiger partial charge in [0.25, 0.3) is 5.91 Å². The number of carbonyl (C=O) groups is 1. The van der Waals surface area contributed by atoms with Gasteiger partial charge in [0, 0.05) is 0 Å². The lowest BCUT2D eigenvalue weighted by Gasteiger charge is -2.22. The van der Waals surface area contributed by atoms with Gasteiger partial charge in [-0.3, -0.25) is 4.79 Å². The van der Waals surface area contributed by atoms with E-state index in [-0.39, 0.29) is 11.9 Å². The first kappa shape index (κ1) is 19.7. The Morgan fingerprint density at radius 2 is 1.57 bits per heavy atom. The smallest absolute Gasteiger partial charge is 0.255 e. The van der Waals surface area contributed by atoms with Gasteiger partial charge in [0.2, 0.25) is 0 Å². The van der Waals surface area contributed by atoms with Gasteiger partial charge in [-0.05, 0) is 52.9 Å². The Bertz CT molecular complexity index is 948. The van der Waals surface area contributed by atoms with E-state index >= 15 is 0 Å². The summed E-state index contributed by atoms with van der Waals surface area (Å²) >= 11 is 0. The van der Waals surface area contributed by atoms with E-state index in [4.69, 9.17) is 9.47 Å². The Morgan fingerprint density at radius 3 is 2.14 bits per heavy atom. The predicted molar refractivity (Wildman–Crippen MR) is 113 cm³/mol. The highest BCUT2D eigenvalue weighted by molar-refractivity contribution is 6.01. The van der Waals surface area contributed by atoms with E-state index in [1.165, 1.54) is 0 Å². The van der Waals surface area contributed by atoms with Crippen LogP contribution in [0.25, 0.3) is 10.8 Å². The highest BCUT2D eigenvalue weighted by atomic mass is 16.5. The molecule has 3 rings (SSSR count). The maximum atomic E-state index is 13.1. The molecule has 4 nitrogen and oxygen atoms in total. The van der Waals surface area contributed by atoms with Crippen LogP contribution in [0.2, 0.25) is 0 Å². The van der Waals surface area contributed by atoms with Crippen LogP contribution in [0.15, 0.2) is 60.7 Å². The minimum absolute atomic E-state index is 0.0883. The first-order chi connectivity index (χ1) is 13.5. The van der Waals surface area contributed by atoms with Crippen molar-refractivity contribution in [2.75, 3.05) is 14.2 Å². The number of nitrogens with one attached hydrogen (secondary N) is 1. The third kappa shape index (κ3) is 4.45. The number of carbonyl (C=O) groups excluding carboxylic acids is 1. The molecular formula is C24H27NO3. The van der Waals surface area contributed by atoms with Crippen LogP contribution in [0.1, 0.15) is 42.2 Å². The van der Waals surface area contributed by atoms with E-state index in [0.717, 1.165) is 28.5 Å². The zero-order chi connectivity index (χ0) is 20.1. The topological polar surface area (TPSA) is 47.6 Å². The van der Waals surface area contributed by atoms with Crippen LogP contribution in [0.5, 0.6) is 11.5 Å². The van der Waals surface area contributed by atoms with Crippen molar-refractivity contribution in [1.29, 1.82) is 0 Å². The molecule has 0 bridgehead atoms. The lowest BCUT2D eigenvalue weighted by Crippen LogP contribution is -2.29. The van der Waals surface area contributed by atoms with Gasteiger partial charge in [-0.1, -0.05) is 50.2 Å². The molecule has 1 amide bonds. The Kier molecular flexibility index (Phi) is 6.19. The molecule has 0 unspecified atom stereocenters. The summed E-state index contributed by atoms with van der Waals surface area (Å²) in [6.07, 6.45) is 0.841. The SMILES string of the molecule is COc1ccc([C@@H](CC(C)C)NC(=O)c2cc3ccccc3cc2OC)cc1. The fourth-order valence-corrected chi connectivity index (χ4v) is 3.39. The average molecular weight is 377 g/mol. The van der Waals surface area contributed by atoms with Crippen molar-refractivity contribution in [2.45, 2.75) is 26.3 Å². The summed E-state index contributed by atoms with van der Waals surface area (Å²) in [5.41, 5.74) is 1.60. The molecule has 3 aromatic rings. The van der Waals surface area contributed by atoms with Crippen molar-refractivity contribution in [3.05, 3.63) is 71.8 Å². The second-order valence-corrected chi connectivity index (χ2v) is 7.33. The minimum atomic E-state index is -0.135. The molecular weight excluding hydrogens is 350 g/mol. The lowest BCUT2D eigenvalue weighted by atomic mass is 9.96. The number of amides is 1. The maximum absolute atomic E-state index is 13.1. The van der Waals surface area contributed by atoms with Crippen molar-refractivity contribution in [3.8, 4) is 11.5 Å². The quantitative estimate of drug-likeness (QED) is 0.602. The summed E-state index contributed by atoms with van der Waals surface area (Å²) in [6.45, 7) is 4.30. The predicted octanol–water partition coefficient (Wildman–Crippen LogP) is 5.37. The highest BCUT2D eigenvalue weighted by Gasteiger charge is 2.20. The van der Waals surface area contributed by atoms with Crippen molar-refractivity contribution < 1.29 is 14.3 Å². The Balaban J connectivity index is 1.91. The third-order valence-electron chi connectivity index (χ3n) is 4.84. The molecule has 0 radical (unpaired) electrons. The maximum Gasteiger partial charge on any atom is 0.255 e. The van der Waals surface area contributed by atoms with E-state index in [2.05, 4.69) is 19.2 Å².